The lowest BCUT2D eigenvalue weighted by molar-refractivity contribution is 0.0884. The highest BCUT2D eigenvalue weighted by Gasteiger charge is 2.34. The summed E-state index contributed by atoms with van der Waals surface area (Å²) in [5, 5.41) is 8.36. The van der Waals surface area contributed by atoms with Gasteiger partial charge < -0.3 is 10.1 Å². The normalized spacial score (nSPS) is 21.5. The van der Waals surface area contributed by atoms with Gasteiger partial charge in [0.05, 0.1) is 17.5 Å². The third-order valence-corrected chi connectivity index (χ3v) is 5.44. The summed E-state index contributed by atoms with van der Waals surface area (Å²) in [5.41, 5.74) is 4.70. The Morgan fingerprint density at radius 1 is 1.31 bits per heavy atom. The van der Waals surface area contributed by atoms with E-state index in [0.29, 0.717) is 11.8 Å². The summed E-state index contributed by atoms with van der Waals surface area (Å²) in [6.45, 7) is 10.5. The van der Waals surface area contributed by atoms with Crippen molar-refractivity contribution in [3.8, 4) is 0 Å². The van der Waals surface area contributed by atoms with Gasteiger partial charge in [0.15, 0.2) is 0 Å². The Morgan fingerprint density at radius 3 is 2.73 bits per heavy atom. The Balaban J connectivity index is 1.72. The number of nitrogens with one attached hydrogen (secondary N) is 1. The zero-order chi connectivity index (χ0) is 18.7. The number of rotatable bonds is 7. The summed E-state index contributed by atoms with van der Waals surface area (Å²) in [6.07, 6.45) is 4.19. The molecule has 1 N–H and O–H groups in total. The van der Waals surface area contributed by atoms with Crippen LogP contribution in [0.25, 0.3) is 0 Å². The maximum atomic E-state index is 6.14. The van der Waals surface area contributed by atoms with Gasteiger partial charge in [-0.3, -0.25) is 9.67 Å². The second-order valence-electron chi connectivity index (χ2n) is 7.89. The Labute approximate surface area is 157 Å². The van der Waals surface area contributed by atoms with Gasteiger partial charge in [0.2, 0.25) is 0 Å². The topological polar surface area (TPSA) is 52.0 Å². The number of hydrogen-bond donors (Lipinski definition) is 1. The van der Waals surface area contributed by atoms with Crippen LogP contribution in [0.3, 0.4) is 0 Å². The SMILES string of the molecule is Cc1nn(C)c(C)c1[C@H]1OCC[C@@H]1CNC(CC(C)C)c1ccccn1. The molecular weight excluding hydrogens is 324 g/mol. The molecule has 1 unspecified atom stereocenters. The summed E-state index contributed by atoms with van der Waals surface area (Å²) in [5.74, 6) is 1.09. The summed E-state index contributed by atoms with van der Waals surface area (Å²) in [7, 11) is 2.01. The van der Waals surface area contributed by atoms with Crippen molar-refractivity contribution in [3.05, 3.63) is 47.0 Å². The van der Waals surface area contributed by atoms with E-state index in [9.17, 15) is 0 Å². The predicted molar refractivity (Wildman–Crippen MR) is 104 cm³/mol. The fourth-order valence-corrected chi connectivity index (χ4v) is 4.02. The second kappa shape index (κ2) is 8.31. The van der Waals surface area contributed by atoms with E-state index in [1.54, 1.807) is 0 Å². The number of ether oxygens (including phenoxy) is 1. The molecule has 0 bridgehead atoms. The van der Waals surface area contributed by atoms with Crippen LogP contribution in [0.1, 0.15) is 61.5 Å². The molecule has 2 aromatic rings. The van der Waals surface area contributed by atoms with Gasteiger partial charge in [-0.15, -0.1) is 0 Å². The largest absolute Gasteiger partial charge is 0.373 e. The predicted octanol–water partition coefficient (Wildman–Crippen LogP) is 3.89. The molecule has 5 nitrogen and oxygen atoms in total. The first-order valence-corrected chi connectivity index (χ1v) is 9.73. The average molecular weight is 357 g/mol. The zero-order valence-corrected chi connectivity index (χ0v) is 16.7. The Morgan fingerprint density at radius 2 is 2.12 bits per heavy atom. The van der Waals surface area contributed by atoms with E-state index in [1.165, 1.54) is 11.3 Å². The molecular formula is C21H32N4O. The molecule has 0 aromatic carbocycles. The standard InChI is InChI=1S/C21H32N4O/c1-14(2)12-19(18-8-6-7-10-22-18)23-13-17-9-11-26-21(17)20-15(3)24-25(5)16(20)4/h6-8,10,14,17,19,21,23H,9,11-13H2,1-5H3/t17-,19?,21+/m1/s1. The van der Waals surface area contributed by atoms with Gasteiger partial charge in [0.25, 0.3) is 0 Å². The molecule has 1 aliphatic heterocycles. The lowest BCUT2D eigenvalue weighted by Gasteiger charge is -2.25. The third-order valence-electron chi connectivity index (χ3n) is 5.44. The van der Waals surface area contributed by atoms with Gasteiger partial charge in [0.1, 0.15) is 0 Å². The molecule has 3 rings (SSSR count). The molecule has 142 valence electrons. The molecule has 0 radical (unpaired) electrons. The molecule has 26 heavy (non-hydrogen) atoms. The summed E-state index contributed by atoms with van der Waals surface area (Å²) < 4.78 is 8.10. The Hall–Kier alpha value is -1.72. The van der Waals surface area contributed by atoms with E-state index in [1.807, 2.05) is 24.0 Å². The molecule has 1 aliphatic rings. The summed E-state index contributed by atoms with van der Waals surface area (Å²) in [6, 6.07) is 6.46. The fourth-order valence-electron chi connectivity index (χ4n) is 4.02. The van der Waals surface area contributed by atoms with Crippen LogP contribution >= 0.6 is 0 Å². The summed E-state index contributed by atoms with van der Waals surface area (Å²) in [4.78, 5) is 4.58. The number of nitrogens with zero attached hydrogens (tertiary/aromatic N) is 3. The molecule has 2 aromatic heterocycles. The van der Waals surface area contributed by atoms with Gasteiger partial charge >= 0.3 is 0 Å². The van der Waals surface area contributed by atoms with Crippen molar-refractivity contribution in [3.63, 3.8) is 0 Å². The zero-order valence-electron chi connectivity index (χ0n) is 16.7. The van der Waals surface area contributed by atoms with Crippen molar-refractivity contribution in [2.24, 2.45) is 18.9 Å². The Kier molecular flexibility index (Phi) is 6.09. The van der Waals surface area contributed by atoms with Crippen LogP contribution in [0, 0.1) is 25.7 Å². The molecule has 0 amide bonds. The number of aromatic nitrogens is 3. The van der Waals surface area contributed by atoms with Crippen LogP contribution in [-0.2, 0) is 11.8 Å². The minimum atomic E-state index is 0.139. The van der Waals surface area contributed by atoms with E-state index in [0.717, 1.165) is 37.4 Å². The maximum Gasteiger partial charge on any atom is 0.0901 e. The fraction of sp³-hybridized carbons (Fsp3) is 0.619. The monoisotopic (exact) mass is 356 g/mol. The minimum Gasteiger partial charge on any atom is -0.373 e. The molecule has 0 spiro atoms. The molecule has 0 saturated carbocycles. The lowest BCUT2D eigenvalue weighted by atomic mass is 9.93. The molecule has 5 heteroatoms. The number of pyridine rings is 1. The second-order valence-corrected chi connectivity index (χ2v) is 7.89. The first-order valence-electron chi connectivity index (χ1n) is 9.73. The van der Waals surface area contributed by atoms with Crippen molar-refractivity contribution in [2.75, 3.05) is 13.2 Å². The maximum absolute atomic E-state index is 6.14. The van der Waals surface area contributed by atoms with Gasteiger partial charge in [-0.1, -0.05) is 19.9 Å². The number of aryl methyl sites for hydroxylation is 2. The Bertz CT molecular complexity index is 710. The highest BCUT2D eigenvalue weighted by molar-refractivity contribution is 5.28. The van der Waals surface area contributed by atoms with E-state index >= 15 is 0 Å². The van der Waals surface area contributed by atoms with Crippen molar-refractivity contribution in [1.29, 1.82) is 0 Å². The lowest BCUT2D eigenvalue weighted by Crippen LogP contribution is -2.30. The van der Waals surface area contributed by atoms with Gasteiger partial charge in [0, 0.05) is 49.6 Å². The molecule has 1 fully saturated rings. The van der Waals surface area contributed by atoms with Crippen LogP contribution in [0.4, 0.5) is 0 Å². The van der Waals surface area contributed by atoms with Gasteiger partial charge in [-0.2, -0.15) is 5.10 Å². The minimum absolute atomic E-state index is 0.139. The van der Waals surface area contributed by atoms with Crippen molar-refractivity contribution >= 4 is 0 Å². The van der Waals surface area contributed by atoms with Crippen LogP contribution < -0.4 is 5.32 Å². The molecule has 1 saturated heterocycles. The van der Waals surface area contributed by atoms with Crippen molar-refractivity contribution in [1.82, 2.24) is 20.1 Å². The van der Waals surface area contributed by atoms with Crippen LogP contribution in [0.15, 0.2) is 24.4 Å². The van der Waals surface area contributed by atoms with Crippen molar-refractivity contribution < 1.29 is 4.74 Å². The quantitative estimate of drug-likeness (QED) is 0.818. The van der Waals surface area contributed by atoms with E-state index in [-0.39, 0.29) is 12.1 Å². The molecule has 0 aliphatic carbocycles. The summed E-state index contributed by atoms with van der Waals surface area (Å²) >= 11 is 0. The smallest absolute Gasteiger partial charge is 0.0901 e. The number of hydrogen-bond acceptors (Lipinski definition) is 4. The first kappa shape index (κ1) is 19.1. The van der Waals surface area contributed by atoms with Crippen LogP contribution in [0.5, 0.6) is 0 Å². The van der Waals surface area contributed by atoms with Crippen molar-refractivity contribution in [2.45, 2.75) is 52.7 Å². The first-order chi connectivity index (χ1) is 12.5. The average Bonchev–Trinajstić information content (AvgIpc) is 3.16. The molecule has 3 heterocycles. The van der Waals surface area contributed by atoms with E-state index < -0.39 is 0 Å². The highest BCUT2D eigenvalue weighted by Crippen LogP contribution is 2.37. The third kappa shape index (κ3) is 4.15. The van der Waals surface area contributed by atoms with Crippen LogP contribution in [-0.4, -0.2) is 27.9 Å². The van der Waals surface area contributed by atoms with Gasteiger partial charge in [-0.25, -0.2) is 0 Å². The van der Waals surface area contributed by atoms with E-state index in [2.05, 4.69) is 55.2 Å². The highest BCUT2D eigenvalue weighted by atomic mass is 16.5. The van der Waals surface area contributed by atoms with E-state index in [4.69, 9.17) is 4.74 Å². The van der Waals surface area contributed by atoms with Gasteiger partial charge in [-0.05, 0) is 44.7 Å². The molecule has 3 atom stereocenters. The van der Waals surface area contributed by atoms with Crippen LogP contribution in [0.2, 0.25) is 0 Å².